The summed E-state index contributed by atoms with van der Waals surface area (Å²) in [6.07, 6.45) is 1.77. The molecule has 0 heterocycles. The van der Waals surface area contributed by atoms with E-state index < -0.39 is 0 Å². The summed E-state index contributed by atoms with van der Waals surface area (Å²) < 4.78 is 1.10. The summed E-state index contributed by atoms with van der Waals surface area (Å²) in [5.41, 5.74) is 1.30. The van der Waals surface area contributed by atoms with Crippen LogP contribution in [0.1, 0.15) is 31.2 Å². The number of benzene rings is 1. The van der Waals surface area contributed by atoms with Crippen LogP contribution in [0, 0.1) is 5.92 Å². The number of Topliss-reactive ketones (excluding diaryl/α,β-unsaturated/α-hetero) is 1. The average Bonchev–Trinajstić information content (AvgIpc) is 2.50. The molecule has 14 heavy (non-hydrogen) atoms. The van der Waals surface area contributed by atoms with Gasteiger partial charge in [0.15, 0.2) is 0 Å². The van der Waals surface area contributed by atoms with E-state index in [1.54, 1.807) is 0 Å². The number of hydrogen-bond donors (Lipinski definition) is 0. The van der Waals surface area contributed by atoms with Crippen molar-refractivity contribution in [3.8, 4) is 0 Å². The molecule has 1 saturated carbocycles. The maximum Gasteiger partial charge on any atom is 0.136 e. The van der Waals surface area contributed by atoms with Gasteiger partial charge in [0.25, 0.3) is 0 Å². The van der Waals surface area contributed by atoms with Gasteiger partial charge in [0.1, 0.15) is 5.78 Å². The van der Waals surface area contributed by atoms with Crippen LogP contribution in [0.3, 0.4) is 0 Å². The molecule has 74 valence electrons. The van der Waals surface area contributed by atoms with Crippen molar-refractivity contribution in [2.24, 2.45) is 5.92 Å². The van der Waals surface area contributed by atoms with Gasteiger partial charge < -0.3 is 0 Å². The highest BCUT2D eigenvalue weighted by molar-refractivity contribution is 9.10. The summed E-state index contributed by atoms with van der Waals surface area (Å²) in [5.74, 6) is 1.06. The van der Waals surface area contributed by atoms with Gasteiger partial charge in [-0.1, -0.05) is 35.0 Å². The van der Waals surface area contributed by atoms with Crippen LogP contribution in [0.4, 0.5) is 0 Å². The summed E-state index contributed by atoms with van der Waals surface area (Å²) in [6.45, 7) is 2.04. The van der Waals surface area contributed by atoms with E-state index in [0.717, 1.165) is 17.3 Å². The number of rotatable bonds is 1. The zero-order valence-corrected chi connectivity index (χ0v) is 9.75. The standard InChI is InChI=1S/C12H13BrO/c1-8-11(6-7-12(8)14)9-2-4-10(13)5-3-9/h2-5,8,11H,6-7H2,1H3. The van der Waals surface area contributed by atoms with Crippen LogP contribution < -0.4 is 0 Å². The second-order valence-corrected chi connectivity index (χ2v) is 4.87. The van der Waals surface area contributed by atoms with E-state index in [-0.39, 0.29) is 5.92 Å². The van der Waals surface area contributed by atoms with Crippen LogP contribution in [0.2, 0.25) is 0 Å². The maximum absolute atomic E-state index is 11.4. The van der Waals surface area contributed by atoms with Crippen LogP contribution in [0.5, 0.6) is 0 Å². The molecule has 0 N–H and O–H groups in total. The Morgan fingerprint density at radius 2 is 1.93 bits per heavy atom. The third-order valence-corrected chi connectivity index (χ3v) is 3.64. The van der Waals surface area contributed by atoms with Crippen molar-refractivity contribution < 1.29 is 4.79 Å². The third kappa shape index (κ3) is 1.76. The minimum Gasteiger partial charge on any atom is -0.299 e. The lowest BCUT2D eigenvalue weighted by Crippen LogP contribution is -2.08. The van der Waals surface area contributed by atoms with Crippen molar-refractivity contribution in [2.75, 3.05) is 0 Å². The van der Waals surface area contributed by atoms with E-state index in [4.69, 9.17) is 0 Å². The van der Waals surface area contributed by atoms with Gasteiger partial charge in [-0.2, -0.15) is 0 Å². The molecule has 1 aromatic rings. The second-order valence-electron chi connectivity index (χ2n) is 3.95. The molecule has 2 heteroatoms. The first-order chi connectivity index (χ1) is 6.68. The van der Waals surface area contributed by atoms with Gasteiger partial charge in [-0.3, -0.25) is 4.79 Å². The Morgan fingerprint density at radius 1 is 1.29 bits per heavy atom. The minimum absolute atomic E-state index is 0.205. The van der Waals surface area contributed by atoms with Crippen LogP contribution in [-0.4, -0.2) is 5.78 Å². The minimum atomic E-state index is 0.205. The van der Waals surface area contributed by atoms with Crippen LogP contribution in [0.25, 0.3) is 0 Å². The van der Waals surface area contributed by atoms with E-state index in [0.29, 0.717) is 11.7 Å². The Balaban J connectivity index is 2.23. The van der Waals surface area contributed by atoms with E-state index >= 15 is 0 Å². The quantitative estimate of drug-likeness (QED) is 0.748. The first-order valence-electron chi connectivity index (χ1n) is 4.96. The van der Waals surface area contributed by atoms with Crippen molar-refractivity contribution in [3.63, 3.8) is 0 Å². The van der Waals surface area contributed by atoms with Gasteiger partial charge in [0.05, 0.1) is 0 Å². The number of carbonyl (C=O) groups is 1. The molecule has 1 aliphatic rings. The van der Waals surface area contributed by atoms with Crippen molar-refractivity contribution in [3.05, 3.63) is 34.3 Å². The number of halogens is 1. The van der Waals surface area contributed by atoms with Gasteiger partial charge in [0, 0.05) is 16.8 Å². The third-order valence-electron chi connectivity index (χ3n) is 3.11. The largest absolute Gasteiger partial charge is 0.299 e. The predicted octanol–water partition coefficient (Wildman–Crippen LogP) is 3.53. The van der Waals surface area contributed by atoms with Gasteiger partial charge in [-0.05, 0) is 30.0 Å². The van der Waals surface area contributed by atoms with Crippen molar-refractivity contribution in [1.29, 1.82) is 0 Å². The molecule has 1 aliphatic carbocycles. The molecular formula is C12H13BrO. The van der Waals surface area contributed by atoms with Crippen LogP contribution in [-0.2, 0) is 4.79 Å². The van der Waals surface area contributed by atoms with Gasteiger partial charge in [-0.15, -0.1) is 0 Å². The zero-order chi connectivity index (χ0) is 10.1. The Labute approximate surface area is 92.6 Å². The zero-order valence-electron chi connectivity index (χ0n) is 8.16. The fraction of sp³-hybridized carbons (Fsp3) is 0.417. The smallest absolute Gasteiger partial charge is 0.136 e. The molecule has 0 spiro atoms. The van der Waals surface area contributed by atoms with Crippen molar-refractivity contribution in [2.45, 2.75) is 25.7 Å². The molecule has 1 fully saturated rings. The molecule has 0 bridgehead atoms. The fourth-order valence-electron chi connectivity index (χ4n) is 2.17. The molecule has 0 saturated heterocycles. The van der Waals surface area contributed by atoms with Crippen molar-refractivity contribution in [1.82, 2.24) is 0 Å². The fourth-order valence-corrected chi connectivity index (χ4v) is 2.43. The maximum atomic E-state index is 11.4. The SMILES string of the molecule is CC1C(=O)CCC1c1ccc(Br)cc1. The molecular weight excluding hydrogens is 240 g/mol. The predicted molar refractivity (Wildman–Crippen MR) is 60.3 cm³/mol. The lowest BCUT2D eigenvalue weighted by atomic mass is 9.90. The number of carbonyl (C=O) groups excluding carboxylic acids is 1. The normalized spacial score (nSPS) is 26.9. The molecule has 0 aromatic heterocycles. The van der Waals surface area contributed by atoms with Gasteiger partial charge in [-0.25, -0.2) is 0 Å². The molecule has 0 amide bonds. The Bertz CT molecular complexity index is 342. The monoisotopic (exact) mass is 252 g/mol. The molecule has 2 atom stereocenters. The van der Waals surface area contributed by atoms with E-state index in [9.17, 15) is 4.79 Å². The van der Waals surface area contributed by atoms with Gasteiger partial charge in [0.2, 0.25) is 0 Å². The van der Waals surface area contributed by atoms with Gasteiger partial charge >= 0.3 is 0 Å². The first-order valence-corrected chi connectivity index (χ1v) is 5.76. The average molecular weight is 253 g/mol. The summed E-state index contributed by atoms with van der Waals surface area (Å²) in [6, 6.07) is 8.32. The summed E-state index contributed by atoms with van der Waals surface area (Å²) in [5, 5.41) is 0. The molecule has 1 nitrogen and oxygen atoms in total. The van der Waals surface area contributed by atoms with Crippen molar-refractivity contribution >= 4 is 21.7 Å². The highest BCUT2D eigenvalue weighted by Gasteiger charge is 2.31. The van der Waals surface area contributed by atoms with Crippen LogP contribution in [0.15, 0.2) is 28.7 Å². The lowest BCUT2D eigenvalue weighted by Gasteiger charge is -2.14. The molecule has 2 rings (SSSR count). The van der Waals surface area contributed by atoms with E-state index in [1.807, 2.05) is 19.1 Å². The highest BCUT2D eigenvalue weighted by atomic mass is 79.9. The Kier molecular flexibility index (Phi) is 2.73. The molecule has 2 unspecified atom stereocenters. The lowest BCUT2D eigenvalue weighted by molar-refractivity contribution is -0.120. The molecule has 1 aromatic carbocycles. The van der Waals surface area contributed by atoms with E-state index in [2.05, 4.69) is 28.1 Å². The van der Waals surface area contributed by atoms with Crippen LogP contribution >= 0.6 is 15.9 Å². The Morgan fingerprint density at radius 3 is 2.43 bits per heavy atom. The summed E-state index contributed by atoms with van der Waals surface area (Å²) in [7, 11) is 0. The number of ketones is 1. The number of hydrogen-bond acceptors (Lipinski definition) is 1. The molecule has 0 aliphatic heterocycles. The topological polar surface area (TPSA) is 17.1 Å². The van der Waals surface area contributed by atoms with E-state index in [1.165, 1.54) is 5.56 Å². The summed E-state index contributed by atoms with van der Waals surface area (Å²) >= 11 is 3.41. The molecule has 0 radical (unpaired) electrons. The Hall–Kier alpha value is -0.630. The highest BCUT2D eigenvalue weighted by Crippen LogP contribution is 2.37. The second kappa shape index (κ2) is 3.85. The summed E-state index contributed by atoms with van der Waals surface area (Å²) in [4.78, 5) is 11.4. The first kappa shape index (κ1) is 9.91.